The Kier molecular flexibility index (Phi) is 2.01. The minimum Gasteiger partial charge on any atom is -0.427 e. The standard InChI is InChI=1S/C16H22O3/c1-2-3-7-4-8-5-9(7)13-11-6-10(12(8)13)14-15(11)19-16(17)18-14/h7-15H,2-6H2,1H3/t7?,8?,9?,10-,11?,12?,13?,14?,15?/m1/s1. The zero-order valence-corrected chi connectivity index (χ0v) is 11.5. The molecule has 5 fully saturated rings. The van der Waals surface area contributed by atoms with Crippen molar-refractivity contribution >= 4 is 6.16 Å². The highest BCUT2D eigenvalue weighted by molar-refractivity contribution is 5.63. The molecule has 5 aliphatic rings. The Labute approximate surface area is 114 Å². The van der Waals surface area contributed by atoms with E-state index >= 15 is 0 Å². The molecular formula is C16H22O3. The molecule has 9 atom stereocenters. The molecule has 0 N–H and O–H groups in total. The first-order valence-electron chi connectivity index (χ1n) is 8.15. The predicted molar refractivity (Wildman–Crippen MR) is 68.3 cm³/mol. The number of ether oxygens (including phenoxy) is 2. The van der Waals surface area contributed by atoms with Crippen molar-refractivity contribution in [2.75, 3.05) is 0 Å². The second-order valence-corrected chi connectivity index (χ2v) is 7.58. The third-order valence-corrected chi connectivity index (χ3v) is 7.09. The van der Waals surface area contributed by atoms with Gasteiger partial charge < -0.3 is 9.47 Å². The van der Waals surface area contributed by atoms with E-state index in [1.807, 2.05) is 0 Å². The average molecular weight is 262 g/mol. The average Bonchev–Trinajstić information content (AvgIpc) is 3.06. The van der Waals surface area contributed by atoms with Crippen LogP contribution in [-0.2, 0) is 9.47 Å². The predicted octanol–water partition coefficient (Wildman–Crippen LogP) is 3.23. The third kappa shape index (κ3) is 1.19. The van der Waals surface area contributed by atoms with Gasteiger partial charge in [-0.1, -0.05) is 19.8 Å². The van der Waals surface area contributed by atoms with Crippen molar-refractivity contribution < 1.29 is 14.3 Å². The minimum atomic E-state index is -0.401. The lowest BCUT2D eigenvalue weighted by molar-refractivity contribution is -0.00582. The van der Waals surface area contributed by atoms with Gasteiger partial charge in [-0.05, 0) is 48.9 Å². The summed E-state index contributed by atoms with van der Waals surface area (Å²) in [5.74, 6) is 5.80. The van der Waals surface area contributed by atoms with Crippen LogP contribution in [0.4, 0.5) is 4.79 Å². The van der Waals surface area contributed by atoms with E-state index in [1.165, 1.54) is 32.1 Å². The van der Waals surface area contributed by atoms with Crippen molar-refractivity contribution in [1.82, 2.24) is 0 Å². The molecule has 0 spiro atoms. The van der Waals surface area contributed by atoms with Gasteiger partial charge in [0.2, 0.25) is 0 Å². The van der Waals surface area contributed by atoms with Crippen molar-refractivity contribution in [2.24, 2.45) is 41.4 Å². The molecule has 4 aliphatic carbocycles. The number of carbonyl (C=O) groups excluding carboxylic acids is 1. The summed E-state index contributed by atoms with van der Waals surface area (Å²) in [5, 5.41) is 0. The molecule has 0 aromatic rings. The summed E-state index contributed by atoms with van der Waals surface area (Å²) in [6.07, 6.45) is 6.74. The number of hydrogen-bond acceptors (Lipinski definition) is 3. The second-order valence-electron chi connectivity index (χ2n) is 7.58. The summed E-state index contributed by atoms with van der Waals surface area (Å²) in [6.45, 7) is 2.31. The first-order valence-corrected chi connectivity index (χ1v) is 8.15. The van der Waals surface area contributed by atoms with Gasteiger partial charge in [-0.25, -0.2) is 4.79 Å². The van der Waals surface area contributed by atoms with Crippen LogP contribution in [0.25, 0.3) is 0 Å². The van der Waals surface area contributed by atoms with E-state index in [0.29, 0.717) is 11.8 Å². The highest BCUT2D eigenvalue weighted by Crippen LogP contribution is 2.70. The summed E-state index contributed by atoms with van der Waals surface area (Å²) in [7, 11) is 0. The summed E-state index contributed by atoms with van der Waals surface area (Å²) < 4.78 is 10.9. The SMILES string of the molecule is CCCC1CC2CC1C1C3C[C@@H](C4OC(=O)OC34)C21. The van der Waals surface area contributed by atoms with Crippen molar-refractivity contribution in [3.8, 4) is 0 Å². The minimum absolute atomic E-state index is 0.111. The van der Waals surface area contributed by atoms with E-state index in [-0.39, 0.29) is 12.2 Å². The number of rotatable bonds is 2. The molecule has 0 aromatic carbocycles. The van der Waals surface area contributed by atoms with Crippen LogP contribution in [0.2, 0.25) is 0 Å². The van der Waals surface area contributed by atoms with Gasteiger partial charge in [-0.2, -0.15) is 0 Å². The lowest BCUT2D eigenvalue weighted by Crippen LogP contribution is -2.44. The molecule has 4 saturated carbocycles. The highest BCUT2D eigenvalue weighted by Gasteiger charge is 2.70. The summed E-state index contributed by atoms with van der Waals surface area (Å²) in [4.78, 5) is 11.4. The van der Waals surface area contributed by atoms with E-state index < -0.39 is 6.16 Å². The van der Waals surface area contributed by atoms with Crippen LogP contribution in [0.1, 0.15) is 39.0 Å². The molecule has 104 valence electrons. The van der Waals surface area contributed by atoms with Gasteiger partial charge in [0.25, 0.3) is 0 Å². The molecule has 0 aromatic heterocycles. The van der Waals surface area contributed by atoms with Crippen LogP contribution in [0.3, 0.4) is 0 Å². The highest BCUT2D eigenvalue weighted by atomic mass is 16.8. The van der Waals surface area contributed by atoms with Crippen LogP contribution >= 0.6 is 0 Å². The number of carbonyl (C=O) groups is 1. The molecule has 8 unspecified atom stereocenters. The Morgan fingerprint density at radius 3 is 2.47 bits per heavy atom. The van der Waals surface area contributed by atoms with Gasteiger partial charge >= 0.3 is 6.16 Å². The van der Waals surface area contributed by atoms with E-state index in [4.69, 9.17) is 9.47 Å². The van der Waals surface area contributed by atoms with Gasteiger partial charge in [0, 0.05) is 11.8 Å². The normalized spacial score (nSPS) is 60.1. The lowest BCUT2D eigenvalue weighted by atomic mass is 9.65. The first kappa shape index (κ1) is 11.0. The van der Waals surface area contributed by atoms with Crippen LogP contribution in [0.5, 0.6) is 0 Å². The monoisotopic (exact) mass is 262 g/mol. The number of hydrogen-bond donors (Lipinski definition) is 0. The Morgan fingerprint density at radius 2 is 1.74 bits per heavy atom. The van der Waals surface area contributed by atoms with Crippen LogP contribution in [-0.4, -0.2) is 18.4 Å². The van der Waals surface area contributed by atoms with Crippen molar-refractivity contribution in [2.45, 2.75) is 51.2 Å². The Bertz CT molecular complexity index is 434. The molecule has 3 heteroatoms. The van der Waals surface area contributed by atoms with Crippen molar-refractivity contribution in [1.29, 1.82) is 0 Å². The summed E-state index contributed by atoms with van der Waals surface area (Å²) in [6, 6.07) is 0. The lowest BCUT2D eigenvalue weighted by Gasteiger charge is -2.41. The van der Waals surface area contributed by atoms with Gasteiger partial charge in [0.15, 0.2) is 0 Å². The Hall–Kier alpha value is -0.730. The molecule has 1 saturated heterocycles. The molecule has 1 heterocycles. The molecule has 1 aliphatic heterocycles. The zero-order chi connectivity index (χ0) is 12.7. The van der Waals surface area contributed by atoms with Gasteiger partial charge in [-0.15, -0.1) is 0 Å². The molecule has 5 rings (SSSR count). The van der Waals surface area contributed by atoms with Gasteiger partial charge in [0.1, 0.15) is 12.2 Å². The van der Waals surface area contributed by atoms with Gasteiger partial charge in [0.05, 0.1) is 0 Å². The first-order chi connectivity index (χ1) is 9.28. The summed E-state index contributed by atoms with van der Waals surface area (Å²) in [5.41, 5.74) is 0. The maximum Gasteiger partial charge on any atom is 0.509 e. The van der Waals surface area contributed by atoms with Crippen molar-refractivity contribution in [3.05, 3.63) is 0 Å². The Morgan fingerprint density at radius 1 is 1.00 bits per heavy atom. The zero-order valence-electron chi connectivity index (χ0n) is 11.5. The molecule has 3 nitrogen and oxygen atoms in total. The largest absolute Gasteiger partial charge is 0.509 e. The maximum absolute atomic E-state index is 11.4. The number of fused-ring (bicyclic) bond motifs is 12. The summed E-state index contributed by atoms with van der Waals surface area (Å²) >= 11 is 0. The molecular weight excluding hydrogens is 240 g/mol. The fraction of sp³-hybridized carbons (Fsp3) is 0.938. The molecule has 0 radical (unpaired) electrons. The van der Waals surface area contributed by atoms with Crippen LogP contribution in [0.15, 0.2) is 0 Å². The van der Waals surface area contributed by atoms with Gasteiger partial charge in [-0.3, -0.25) is 0 Å². The van der Waals surface area contributed by atoms with E-state index in [2.05, 4.69) is 6.92 Å². The quantitative estimate of drug-likeness (QED) is 0.566. The third-order valence-electron chi connectivity index (χ3n) is 7.09. The second kappa shape index (κ2) is 3.48. The maximum atomic E-state index is 11.4. The molecule has 19 heavy (non-hydrogen) atoms. The fourth-order valence-electron chi connectivity index (χ4n) is 6.91. The topological polar surface area (TPSA) is 35.5 Å². The molecule has 4 bridgehead atoms. The van der Waals surface area contributed by atoms with Crippen LogP contribution in [0, 0.1) is 41.4 Å². The van der Waals surface area contributed by atoms with E-state index in [9.17, 15) is 4.79 Å². The van der Waals surface area contributed by atoms with E-state index in [1.54, 1.807) is 0 Å². The Balaban J connectivity index is 1.46. The smallest absolute Gasteiger partial charge is 0.427 e. The van der Waals surface area contributed by atoms with E-state index in [0.717, 1.165) is 29.6 Å². The van der Waals surface area contributed by atoms with Crippen molar-refractivity contribution in [3.63, 3.8) is 0 Å². The fourth-order valence-corrected chi connectivity index (χ4v) is 6.91. The van der Waals surface area contributed by atoms with Crippen LogP contribution < -0.4 is 0 Å². The molecule has 0 amide bonds.